The van der Waals surface area contributed by atoms with Gasteiger partial charge in [-0.2, -0.15) is 0 Å². The van der Waals surface area contributed by atoms with E-state index in [2.05, 4.69) is 9.88 Å². The Morgan fingerprint density at radius 3 is 2.44 bits per heavy atom. The summed E-state index contributed by atoms with van der Waals surface area (Å²) in [5.41, 5.74) is 0.211. The third kappa shape index (κ3) is 3.34. The maximum absolute atomic E-state index is 10.7. The van der Waals surface area contributed by atoms with Gasteiger partial charge in [0.1, 0.15) is 5.82 Å². The van der Waals surface area contributed by atoms with Gasteiger partial charge in [0.05, 0.1) is 17.8 Å². The lowest BCUT2D eigenvalue weighted by Gasteiger charge is -2.36. The van der Waals surface area contributed by atoms with Crippen molar-refractivity contribution in [3.8, 4) is 0 Å². The molecule has 1 N–H and O–H groups in total. The third-order valence-electron chi connectivity index (χ3n) is 2.74. The van der Waals surface area contributed by atoms with Crippen molar-refractivity contribution in [1.29, 1.82) is 0 Å². The Balaban J connectivity index is 0.00000162. The van der Waals surface area contributed by atoms with Crippen molar-refractivity contribution in [3.05, 3.63) is 23.9 Å². The van der Waals surface area contributed by atoms with E-state index in [-0.39, 0.29) is 30.2 Å². The molecule has 18 heavy (non-hydrogen) atoms. The highest BCUT2D eigenvalue weighted by Gasteiger charge is 2.23. The normalized spacial score (nSPS) is 23.3. The molecule has 100 valence electrons. The second-order valence-electron chi connectivity index (χ2n) is 4.37. The van der Waals surface area contributed by atoms with Gasteiger partial charge in [0.2, 0.25) is 0 Å². The van der Waals surface area contributed by atoms with Crippen LogP contribution in [0.5, 0.6) is 0 Å². The number of nitrogens with zero attached hydrogens (tertiary/aromatic N) is 2. The predicted octanol–water partition coefficient (Wildman–Crippen LogP) is 1.82. The van der Waals surface area contributed by atoms with Gasteiger partial charge >= 0.3 is 5.97 Å². The monoisotopic (exact) mass is 272 g/mol. The Kier molecular flexibility index (Phi) is 4.93. The van der Waals surface area contributed by atoms with E-state index < -0.39 is 5.97 Å². The summed E-state index contributed by atoms with van der Waals surface area (Å²) in [5.74, 6) is -0.148. The van der Waals surface area contributed by atoms with Gasteiger partial charge < -0.3 is 14.7 Å². The van der Waals surface area contributed by atoms with Crippen molar-refractivity contribution in [3.63, 3.8) is 0 Å². The van der Waals surface area contributed by atoms with Crippen molar-refractivity contribution in [2.45, 2.75) is 26.1 Å². The van der Waals surface area contributed by atoms with Gasteiger partial charge in [-0.3, -0.25) is 0 Å². The Morgan fingerprint density at radius 1 is 1.39 bits per heavy atom. The van der Waals surface area contributed by atoms with E-state index in [1.54, 1.807) is 12.1 Å². The molecule has 2 heterocycles. The van der Waals surface area contributed by atoms with Crippen LogP contribution in [0.15, 0.2) is 18.3 Å². The Hall–Kier alpha value is -1.33. The molecule has 0 aliphatic carbocycles. The van der Waals surface area contributed by atoms with E-state index in [0.29, 0.717) is 0 Å². The van der Waals surface area contributed by atoms with Crippen molar-refractivity contribution >= 4 is 24.2 Å². The summed E-state index contributed by atoms with van der Waals surface area (Å²) in [7, 11) is 0. The van der Waals surface area contributed by atoms with Crippen LogP contribution in [0.25, 0.3) is 0 Å². The van der Waals surface area contributed by atoms with Gasteiger partial charge in [-0.1, -0.05) is 0 Å². The lowest BCUT2D eigenvalue weighted by atomic mass is 10.2. The minimum Gasteiger partial charge on any atom is -0.478 e. The molecular formula is C12H17ClN2O3. The van der Waals surface area contributed by atoms with Crippen LogP contribution < -0.4 is 4.90 Å². The maximum atomic E-state index is 10.7. The first kappa shape index (κ1) is 14.7. The summed E-state index contributed by atoms with van der Waals surface area (Å²) in [6.07, 6.45) is 1.72. The topological polar surface area (TPSA) is 62.7 Å². The number of aromatic carboxylic acids is 1. The molecule has 0 spiro atoms. The molecular weight excluding hydrogens is 256 g/mol. The number of morpholine rings is 1. The van der Waals surface area contributed by atoms with E-state index in [0.717, 1.165) is 18.9 Å². The molecule has 1 saturated heterocycles. The number of rotatable bonds is 2. The molecule has 5 nitrogen and oxygen atoms in total. The second kappa shape index (κ2) is 6.02. The standard InChI is InChI=1S/C12H16N2O3.ClH/c1-8-6-14(7-9(2)17-8)11-4-3-10(5-13-11)12(15)16;/h3-5,8-9H,6-7H2,1-2H3,(H,15,16);1H. The van der Waals surface area contributed by atoms with Gasteiger partial charge in [-0.05, 0) is 26.0 Å². The average molecular weight is 273 g/mol. The number of carboxylic acids is 1. The molecule has 1 aromatic rings. The van der Waals surface area contributed by atoms with E-state index >= 15 is 0 Å². The quantitative estimate of drug-likeness (QED) is 0.890. The number of carbonyl (C=O) groups is 1. The van der Waals surface area contributed by atoms with Gasteiger partial charge in [-0.25, -0.2) is 9.78 Å². The highest BCUT2D eigenvalue weighted by Crippen LogP contribution is 2.18. The number of hydrogen-bond acceptors (Lipinski definition) is 4. The van der Waals surface area contributed by atoms with Crippen LogP contribution in [-0.2, 0) is 4.74 Å². The first-order valence-electron chi connectivity index (χ1n) is 5.66. The lowest BCUT2D eigenvalue weighted by Crippen LogP contribution is -2.45. The molecule has 2 atom stereocenters. The molecule has 1 aliphatic heterocycles. The van der Waals surface area contributed by atoms with Crippen molar-refractivity contribution in [2.75, 3.05) is 18.0 Å². The average Bonchev–Trinajstić information content (AvgIpc) is 2.28. The van der Waals surface area contributed by atoms with Crippen LogP contribution in [0, 0.1) is 0 Å². The van der Waals surface area contributed by atoms with Crippen molar-refractivity contribution in [1.82, 2.24) is 4.98 Å². The summed E-state index contributed by atoms with van der Waals surface area (Å²) in [6, 6.07) is 3.32. The van der Waals surface area contributed by atoms with Crippen molar-refractivity contribution in [2.24, 2.45) is 0 Å². The highest BCUT2D eigenvalue weighted by molar-refractivity contribution is 5.87. The summed E-state index contributed by atoms with van der Waals surface area (Å²) in [4.78, 5) is 17.0. The van der Waals surface area contributed by atoms with Gasteiger partial charge in [0.25, 0.3) is 0 Å². The smallest absolute Gasteiger partial charge is 0.337 e. The van der Waals surface area contributed by atoms with Crippen LogP contribution in [0.4, 0.5) is 5.82 Å². The first-order valence-corrected chi connectivity index (χ1v) is 5.66. The maximum Gasteiger partial charge on any atom is 0.337 e. The fourth-order valence-electron chi connectivity index (χ4n) is 2.06. The molecule has 0 saturated carbocycles. The van der Waals surface area contributed by atoms with Crippen LogP contribution in [0.3, 0.4) is 0 Å². The first-order chi connectivity index (χ1) is 8.06. The molecule has 0 aromatic carbocycles. The molecule has 1 aliphatic rings. The molecule has 2 unspecified atom stereocenters. The number of aromatic nitrogens is 1. The number of anilines is 1. The van der Waals surface area contributed by atoms with Gasteiger partial charge in [-0.15, -0.1) is 12.4 Å². The third-order valence-corrected chi connectivity index (χ3v) is 2.74. The molecule has 1 aromatic heterocycles. The highest BCUT2D eigenvalue weighted by atomic mass is 35.5. The number of hydrogen-bond donors (Lipinski definition) is 1. The Morgan fingerprint density at radius 2 is 2.00 bits per heavy atom. The number of halogens is 1. The van der Waals surface area contributed by atoms with E-state index in [9.17, 15) is 4.79 Å². The minimum atomic E-state index is -0.951. The lowest BCUT2D eigenvalue weighted by molar-refractivity contribution is -0.00546. The van der Waals surface area contributed by atoms with Crippen LogP contribution in [-0.4, -0.2) is 41.4 Å². The van der Waals surface area contributed by atoms with Gasteiger partial charge in [0.15, 0.2) is 0 Å². The molecule has 1 fully saturated rings. The SMILES string of the molecule is CC1CN(c2ccc(C(=O)O)cn2)CC(C)O1.Cl. The number of pyridine rings is 1. The zero-order valence-corrected chi connectivity index (χ0v) is 11.2. The van der Waals surface area contributed by atoms with E-state index in [1.165, 1.54) is 6.20 Å². The van der Waals surface area contributed by atoms with E-state index in [1.807, 2.05) is 13.8 Å². The fourth-order valence-corrected chi connectivity index (χ4v) is 2.06. The second-order valence-corrected chi connectivity index (χ2v) is 4.37. The number of carboxylic acid groups (broad SMARTS) is 1. The fraction of sp³-hybridized carbons (Fsp3) is 0.500. The molecule has 6 heteroatoms. The predicted molar refractivity (Wildman–Crippen MR) is 70.7 cm³/mol. The molecule has 2 rings (SSSR count). The van der Waals surface area contributed by atoms with Crippen LogP contribution >= 0.6 is 12.4 Å². The zero-order chi connectivity index (χ0) is 12.4. The molecule has 0 bridgehead atoms. The summed E-state index contributed by atoms with van der Waals surface area (Å²) in [5, 5.41) is 8.80. The molecule has 0 amide bonds. The van der Waals surface area contributed by atoms with E-state index in [4.69, 9.17) is 9.84 Å². The Labute approximate surface area is 112 Å². The minimum absolute atomic E-state index is 0. The van der Waals surface area contributed by atoms with Crippen LogP contribution in [0.2, 0.25) is 0 Å². The Bertz CT molecular complexity index is 400. The zero-order valence-electron chi connectivity index (χ0n) is 10.4. The van der Waals surface area contributed by atoms with Crippen LogP contribution in [0.1, 0.15) is 24.2 Å². The number of ether oxygens (including phenoxy) is 1. The summed E-state index contributed by atoms with van der Waals surface area (Å²) < 4.78 is 5.64. The summed E-state index contributed by atoms with van der Waals surface area (Å²) in [6.45, 7) is 5.61. The molecule has 0 radical (unpaired) electrons. The van der Waals surface area contributed by atoms with Crippen molar-refractivity contribution < 1.29 is 14.6 Å². The summed E-state index contributed by atoms with van der Waals surface area (Å²) >= 11 is 0. The van der Waals surface area contributed by atoms with Gasteiger partial charge in [0, 0.05) is 19.3 Å². The largest absolute Gasteiger partial charge is 0.478 e.